The van der Waals surface area contributed by atoms with Crippen molar-refractivity contribution in [3.05, 3.63) is 16.9 Å². The molecule has 0 aromatic carbocycles. The van der Waals surface area contributed by atoms with E-state index < -0.39 is 0 Å². The quantitative estimate of drug-likeness (QED) is 0.741. The molecule has 4 heteroatoms. The minimum absolute atomic E-state index is 0.157. The maximum absolute atomic E-state index is 5.56. The average Bonchev–Trinajstić information content (AvgIpc) is 2.54. The number of nitrogens with zero attached hydrogens (tertiary/aromatic N) is 2. The average molecular weight is 231 g/mol. The second kappa shape index (κ2) is 3.58. The Balaban J connectivity index is 2.08. The van der Waals surface area contributed by atoms with Crippen molar-refractivity contribution in [2.24, 2.45) is 0 Å². The third-order valence-electron chi connectivity index (χ3n) is 2.03. The van der Waals surface area contributed by atoms with Crippen LogP contribution in [0.25, 0.3) is 0 Å². The van der Waals surface area contributed by atoms with Crippen molar-refractivity contribution in [2.45, 2.75) is 25.5 Å². The minimum Gasteiger partial charge on any atom is -0.357 e. The summed E-state index contributed by atoms with van der Waals surface area (Å²) in [5, 5.41) is 4.24. The van der Waals surface area contributed by atoms with Crippen LogP contribution in [0.3, 0.4) is 0 Å². The van der Waals surface area contributed by atoms with Crippen LogP contribution in [0.5, 0.6) is 0 Å². The molecule has 1 aliphatic rings. The molecule has 0 saturated carbocycles. The molecule has 3 nitrogen and oxygen atoms in total. The van der Waals surface area contributed by atoms with E-state index in [1.165, 1.54) is 12.8 Å². The van der Waals surface area contributed by atoms with E-state index in [2.05, 4.69) is 21.0 Å². The van der Waals surface area contributed by atoms with E-state index in [1.54, 1.807) is 0 Å². The molecule has 2 heterocycles. The van der Waals surface area contributed by atoms with Crippen LogP contribution in [0.4, 0.5) is 0 Å². The number of aromatic nitrogens is 2. The molecule has 0 N–H and O–H groups in total. The Morgan fingerprint density at radius 2 is 2.50 bits per heavy atom. The zero-order chi connectivity index (χ0) is 8.39. The molecule has 0 spiro atoms. The fraction of sp³-hybridized carbons (Fsp3) is 0.625. The van der Waals surface area contributed by atoms with Gasteiger partial charge in [0.15, 0.2) is 0 Å². The fourth-order valence-electron chi connectivity index (χ4n) is 1.41. The lowest BCUT2D eigenvalue weighted by Gasteiger charge is -2.22. The van der Waals surface area contributed by atoms with Crippen LogP contribution in [0, 0.1) is 0 Å². The number of ether oxygens (including phenoxy) is 1. The molecule has 1 fully saturated rings. The first kappa shape index (κ1) is 8.26. The van der Waals surface area contributed by atoms with Crippen molar-refractivity contribution in [2.75, 3.05) is 6.61 Å². The predicted octanol–water partition coefficient (Wildman–Crippen LogP) is 2.34. The van der Waals surface area contributed by atoms with Gasteiger partial charge in [0, 0.05) is 12.8 Å². The molecule has 1 aliphatic heterocycles. The van der Waals surface area contributed by atoms with E-state index in [-0.39, 0.29) is 6.23 Å². The molecule has 12 heavy (non-hydrogen) atoms. The summed E-state index contributed by atoms with van der Waals surface area (Å²) in [5.74, 6) is 0. The molecule has 1 aromatic heterocycles. The monoisotopic (exact) mass is 230 g/mol. The summed E-state index contributed by atoms with van der Waals surface area (Å²) < 4.78 is 8.31. The first-order chi connectivity index (χ1) is 5.86. The molecule has 1 atom stereocenters. The van der Waals surface area contributed by atoms with Gasteiger partial charge in [-0.1, -0.05) is 0 Å². The van der Waals surface area contributed by atoms with Crippen LogP contribution < -0.4 is 0 Å². The summed E-state index contributed by atoms with van der Waals surface area (Å²) in [6.07, 6.45) is 5.60. The summed E-state index contributed by atoms with van der Waals surface area (Å²) >= 11 is 3.31. The summed E-state index contributed by atoms with van der Waals surface area (Å²) in [4.78, 5) is 0. The van der Waals surface area contributed by atoms with Gasteiger partial charge in [0.05, 0.1) is 0 Å². The second-order valence-corrected chi connectivity index (χ2v) is 3.75. The van der Waals surface area contributed by atoms with Gasteiger partial charge < -0.3 is 4.74 Å². The van der Waals surface area contributed by atoms with E-state index in [1.807, 2.05) is 16.9 Å². The van der Waals surface area contributed by atoms with E-state index >= 15 is 0 Å². The highest BCUT2D eigenvalue weighted by Gasteiger charge is 2.15. The summed E-state index contributed by atoms with van der Waals surface area (Å²) in [5.41, 5.74) is 0. The predicted molar refractivity (Wildman–Crippen MR) is 48.8 cm³/mol. The molecular formula is C8H11BrN2O. The van der Waals surface area contributed by atoms with Crippen molar-refractivity contribution in [3.8, 4) is 0 Å². The molecule has 0 bridgehead atoms. The van der Waals surface area contributed by atoms with Gasteiger partial charge in [-0.15, -0.1) is 0 Å². The van der Waals surface area contributed by atoms with Gasteiger partial charge in [0.25, 0.3) is 0 Å². The Hall–Kier alpha value is -0.350. The van der Waals surface area contributed by atoms with Gasteiger partial charge in [0.1, 0.15) is 10.8 Å². The topological polar surface area (TPSA) is 27.1 Å². The van der Waals surface area contributed by atoms with Gasteiger partial charge in [-0.05, 0) is 41.3 Å². The summed E-state index contributed by atoms with van der Waals surface area (Å²) in [7, 11) is 0. The van der Waals surface area contributed by atoms with E-state index in [0.717, 1.165) is 17.6 Å². The number of rotatable bonds is 1. The van der Waals surface area contributed by atoms with Gasteiger partial charge in [0.2, 0.25) is 0 Å². The normalized spacial score (nSPS) is 24.2. The highest BCUT2D eigenvalue weighted by molar-refractivity contribution is 9.10. The Kier molecular flexibility index (Phi) is 2.46. The smallest absolute Gasteiger partial charge is 0.150 e. The fourth-order valence-corrected chi connectivity index (χ4v) is 1.71. The van der Waals surface area contributed by atoms with E-state index in [9.17, 15) is 0 Å². The van der Waals surface area contributed by atoms with E-state index in [0.29, 0.717) is 0 Å². The first-order valence-corrected chi connectivity index (χ1v) is 4.98. The van der Waals surface area contributed by atoms with E-state index in [4.69, 9.17) is 4.74 Å². The maximum atomic E-state index is 5.56. The molecule has 0 amide bonds. The van der Waals surface area contributed by atoms with Crippen LogP contribution in [0.2, 0.25) is 0 Å². The van der Waals surface area contributed by atoms with Gasteiger partial charge in [-0.3, -0.25) is 0 Å². The third-order valence-corrected chi connectivity index (χ3v) is 2.45. The van der Waals surface area contributed by atoms with Gasteiger partial charge >= 0.3 is 0 Å². The zero-order valence-corrected chi connectivity index (χ0v) is 8.33. The van der Waals surface area contributed by atoms with Gasteiger partial charge in [-0.2, -0.15) is 5.10 Å². The number of halogens is 1. The molecule has 1 aromatic rings. The Labute approximate surface area is 79.8 Å². The standard InChI is InChI=1S/C8H11BrN2O/c9-7-4-5-11(10-7)8-3-1-2-6-12-8/h4-5,8H,1-3,6H2. The van der Waals surface area contributed by atoms with Crippen molar-refractivity contribution in [1.82, 2.24) is 9.78 Å². The van der Waals surface area contributed by atoms with Crippen LogP contribution in [-0.2, 0) is 4.74 Å². The zero-order valence-electron chi connectivity index (χ0n) is 6.74. The highest BCUT2D eigenvalue weighted by Crippen LogP contribution is 2.22. The highest BCUT2D eigenvalue weighted by atomic mass is 79.9. The lowest BCUT2D eigenvalue weighted by Crippen LogP contribution is -2.18. The second-order valence-electron chi connectivity index (χ2n) is 2.94. The Morgan fingerprint density at radius 1 is 1.58 bits per heavy atom. The number of hydrogen-bond donors (Lipinski definition) is 0. The SMILES string of the molecule is Brc1ccn(C2CCCCO2)n1. The largest absolute Gasteiger partial charge is 0.357 e. The number of hydrogen-bond acceptors (Lipinski definition) is 2. The minimum atomic E-state index is 0.157. The molecule has 1 unspecified atom stereocenters. The maximum Gasteiger partial charge on any atom is 0.150 e. The molecule has 1 saturated heterocycles. The van der Waals surface area contributed by atoms with Gasteiger partial charge in [-0.25, -0.2) is 4.68 Å². The van der Waals surface area contributed by atoms with Crippen LogP contribution in [0.15, 0.2) is 16.9 Å². The van der Waals surface area contributed by atoms with Crippen LogP contribution >= 0.6 is 15.9 Å². The third kappa shape index (κ3) is 1.69. The van der Waals surface area contributed by atoms with Crippen molar-refractivity contribution in [1.29, 1.82) is 0 Å². The first-order valence-electron chi connectivity index (χ1n) is 4.18. The Bertz CT molecular complexity index is 255. The van der Waals surface area contributed by atoms with Crippen LogP contribution in [0.1, 0.15) is 25.5 Å². The Morgan fingerprint density at radius 3 is 3.08 bits per heavy atom. The molecule has 0 aliphatic carbocycles. The lowest BCUT2D eigenvalue weighted by atomic mass is 10.2. The lowest BCUT2D eigenvalue weighted by molar-refractivity contribution is -0.0396. The van der Waals surface area contributed by atoms with Crippen molar-refractivity contribution in [3.63, 3.8) is 0 Å². The van der Waals surface area contributed by atoms with Crippen molar-refractivity contribution >= 4 is 15.9 Å². The molecule has 0 radical (unpaired) electrons. The molecular weight excluding hydrogens is 220 g/mol. The summed E-state index contributed by atoms with van der Waals surface area (Å²) in [6, 6.07) is 1.93. The summed E-state index contributed by atoms with van der Waals surface area (Å²) in [6.45, 7) is 0.863. The van der Waals surface area contributed by atoms with Crippen LogP contribution in [-0.4, -0.2) is 16.4 Å². The van der Waals surface area contributed by atoms with Crippen molar-refractivity contribution < 1.29 is 4.74 Å². The molecule has 2 rings (SSSR count). The molecule has 66 valence electrons.